The molecule has 21 heavy (non-hydrogen) atoms. The molecule has 1 aromatic heterocycles. The summed E-state index contributed by atoms with van der Waals surface area (Å²) in [6, 6.07) is 5.93. The average Bonchev–Trinajstić information content (AvgIpc) is 2.45. The summed E-state index contributed by atoms with van der Waals surface area (Å²) < 4.78 is 13.0. The summed E-state index contributed by atoms with van der Waals surface area (Å²) in [6.45, 7) is 3.85. The number of nitrogens with zero attached hydrogens (tertiary/aromatic N) is 2. The lowest BCUT2D eigenvalue weighted by Gasteiger charge is -2.11. The molecule has 0 amide bonds. The van der Waals surface area contributed by atoms with Crippen LogP contribution in [0.1, 0.15) is 18.2 Å². The molecular weight excluding hydrogens is 291 g/mol. The van der Waals surface area contributed by atoms with Gasteiger partial charge < -0.3 is 5.11 Å². The topological polar surface area (TPSA) is 63.1 Å². The van der Waals surface area contributed by atoms with Crippen LogP contribution in [0.2, 0.25) is 0 Å². The standard InChI is InChI=1S/C15H15FN2O2S/c1-3-12-9(2)17-14(10-4-6-11(16)7-5-10)18-15(12)21-8-13(19)20/h4-7H,3,8H2,1-2H3,(H,19,20). The first kappa shape index (κ1) is 15.4. The van der Waals surface area contributed by atoms with Gasteiger partial charge in [0.05, 0.1) is 5.75 Å². The van der Waals surface area contributed by atoms with E-state index in [1.807, 2.05) is 13.8 Å². The third kappa shape index (κ3) is 3.78. The second-order valence-corrected chi connectivity index (χ2v) is 5.42. The van der Waals surface area contributed by atoms with Crippen LogP contribution in [-0.4, -0.2) is 26.8 Å². The van der Waals surface area contributed by atoms with Gasteiger partial charge in [0.15, 0.2) is 5.82 Å². The van der Waals surface area contributed by atoms with Crippen LogP contribution in [0.3, 0.4) is 0 Å². The molecule has 0 unspecified atom stereocenters. The van der Waals surface area contributed by atoms with E-state index in [1.54, 1.807) is 12.1 Å². The molecule has 0 aliphatic carbocycles. The summed E-state index contributed by atoms with van der Waals surface area (Å²) in [7, 11) is 0. The molecule has 0 fully saturated rings. The zero-order chi connectivity index (χ0) is 15.4. The zero-order valence-corrected chi connectivity index (χ0v) is 12.6. The van der Waals surface area contributed by atoms with E-state index in [4.69, 9.17) is 5.11 Å². The fraction of sp³-hybridized carbons (Fsp3) is 0.267. The van der Waals surface area contributed by atoms with Gasteiger partial charge in [0, 0.05) is 16.8 Å². The van der Waals surface area contributed by atoms with E-state index < -0.39 is 5.97 Å². The summed E-state index contributed by atoms with van der Waals surface area (Å²) in [5.41, 5.74) is 2.48. The number of hydrogen-bond acceptors (Lipinski definition) is 4. The molecule has 0 saturated carbocycles. The number of carboxylic acid groups (broad SMARTS) is 1. The molecule has 0 aliphatic rings. The van der Waals surface area contributed by atoms with E-state index in [9.17, 15) is 9.18 Å². The van der Waals surface area contributed by atoms with Crippen molar-refractivity contribution in [3.8, 4) is 11.4 Å². The maximum atomic E-state index is 13.0. The molecule has 0 radical (unpaired) electrons. The van der Waals surface area contributed by atoms with Gasteiger partial charge in [0.25, 0.3) is 0 Å². The van der Waals surface area contributed by atoms with Crippen molar-refractivity contribution >= 4 is 17.7 Å². The lowest BCUT2D eigenvalue weighted by molar-refractivity contribution is -0.133. The number of aryl methyl sites for hydroxylation is 1. The van der Waals surface area contributed by atoms with E-state index in [1.165, 1.54) is 23.9 Å². The summed E-state index contributed by atoms with van der Waals surface area (Å²) >= 11 is 1.18. The van der Waals surface area contributed by atoms with Gasteiger partial charge in [0.1, 0.15) is 10.8 Å². The van der Waals surface area contributed by atoms with Gasteiger partial charge in [-0.2, -0.15) is 0 Å². The van der Waals surface area contributed by atoms with E-state index in [2.05, 4.69) is 9.97 Å². The Morgan fingerprint density at radius 1 is 1.29 bits per heavy atom. The molecule has 6 heteroatoms. The van der Waals surface area contributed by atoms with Gasteiger partial charge in [-0.25, -0.2) is 14.4 Å². The van der Waals surface area contributed by atoms with Crippen LogP contribution >= 0.6 is 11.8 Å². The van der Waals surface area contributed by atoms with Gasteiger partial charge >= 0.3 is 5.97 Å². The van der Waals surface area contributed by atoms with Crippen molar-refractivity contribution < 1.29 is 14.3 Å². The predicted molar refractivity (Wildman–Crippen MR) is 79.9 cm³/mol. The molecule has 0 atom stereocenters. The third-order valence-corrected chi connectivity index (χ3v) is 3.97. The Bertz CT molecular complexity index is 659. The monoisotopic (exact) mass is 306 g/mol. The van der Waals surface area contributed by atoms with Crippen LogP contribution in [0.25, 0.3) is 11.4 Å². The minimum absolute atomic E-state index is 0.0493. The van der Waals surface area contributed by atoms with Crippen molar-refractivity contribution in [3.05, 3.63) is 41.3 Å². The maximum absolute atomic E-state index is 13.0. The quantitative estimate of drug-likeness (QED) is 0.678. The Hall–Kier alpha value is -1.95. The van der Waals surface area contributed by atoms with Crippen molar-refractivity contribution in [2.24, 2.45) is 0 Å². The summed E-state index contributed by atoms with van der Waals surface area (Å²) in [5, 5.41) is 9.49. The fourth-order valence-electron chi connectivity index (χ4n) is 1.95. The smallest absolute Gasteiger partial charge is 0.313 e. The fourth-order valence-corrected chi connectivity index (χ4v) is 2.83. The van der Waals surface area contributed by atoms with Crippen LogP contribution in [0.4, 0.5) is 4.39 Å². The molecule has 0 spiro atoms. The zero-order valence-electron chi connectivity index (χ0n) is 11.8. The van der Waals surface area contributed by atoms with Crippen molar-refractivity contribution in [2.45, 2.75) is 25.3 Å². The number of aliphatic carboxylic acids is 1. The van der Waals surface area contributed by atoms with Crippen molar-refractivity contribution in [1.29, 1.82) is 0 Å². The van der Waals surface area contributed by atoms with Gasteiger partial charge in [-0.3, -0.25) is 4.79 Å². The van der Waals surface area contributed by atoms with Crippen LogP contribution in [-0.2, 0) is 11.2 Å². The highest BCUT2D eigenvalue weighted by Crippen LogP contribution is 2.26. The normalized spacial score (nSPS) is 10.6. The Morgan fingerprint density at radius 2 is 1.95 bits per heavy atom. The number of aromatic nitrogens is 2. The molecule has 2 rings (SSSR count). The molecule has 110 valence electrons. The van der Waals surface area contributed by atoms with Crippen LogP contribution in [0, 0.1) is 12.7 Å². The lowest BCUT2D eigenvalue weighted by Crippen LogP contribution is -2.04. The average molecular weight is 306 g/mol. The van der Waals surface area contributed by atoms with Crippen molar-refractivity contribution in [2.75, 3.05) is 5.75 Å². The molecule has 0 bridgehead atoms. The van der Waals surface area contributed by atoms with E-state index in [0.29, 0.717) is 16.4 Å². The van der Waals surface area contributed by atoms with E-state index in [-0.39, 0.29) is 11.6 Å². The maximum Gasteiger partial charge on any atom is 0.313 e. The lowest BCUT2D eigenvalue weighted by atomic mass is 10.1. The first-order chi connectivity index (χ1) is 10.0. The van der Waals surface area contributed by atoms with E-state index in [0.717, 1.165) is 17.7 Å². The number of benzene rings is 1. The molecule has 0 saturated heterocycles. The van der Waals surface area contributed by atoms with Gasteiger partial charge in [-0.15, -0.1) is 0 Å². The molecular formula is C15H15FN2O2S. The number of rotatable bonds is 5. The van der Waals surface area contributed by atoms with Crippen LogP contribution < -0.4 is 0 Å². The minimum atomic E-state index is -0.887. The van der Waals surface area contributed by atoms with E-state index >= 15 is 0 Å². The van der Waals surface area contributed by atoms with Crippen molar-refractivity contribution in [1.82, 2.24) is 9.97 Å². The van der Waals surface area contributed by atoms with Crippen molar-refractivity contribution in [3.63, 3.8) is 0 Å². The Labute approximate surface area is 126 Å². The largest absolute Gasteiger partial charge is 0.481 e. The highest BCUT2D eigenvalue weighted by atomic mass is 32.2. The number of hydrogen-bond donors (Lipinski definition) is 1. The highest BCUT2D eigenvalue weighted by Gasteiger charge is 2.13. The first-order valence-corrected chi connectivity index (χ1v) is 7.48. The predicted octanol–water partition coefficient (Wildman–Crippen LogP) is 3.33. The van der Waals surface area contributed by atoms with Gasteiger partial charge in [-0.1, -0.05) is 18.7 Å². The summed E-state index contributed by atoms with van der Waals surface area (Å²) in [4.78, 5) is 19.6. The first-order valence-electron chi connectivity index (χ1n) is 6.49. The SMILES string of the molecule is CCc1c(C)nc(-c2ccc(F)cc2)nc1SCC(=O)O. The van der Waals surface area contributed by atoms with Gasteiger partial charge in [0.2, 0.25) is 0 Å². The van der Waals surface area contributed by atoms with Crippen LogP contribution in [0.15, 0.2) is 29.3 Å². The third-order valence-electron chi connectivity index (χ3n) is 2.96. The number of carboxylic acids is 1. The Balaban J connectivity index is 2.43. The molecule has 1 aromatic carbocycles. The molecule has 2 aromatic rings. The second-order valence-electron chi connectivity index (χ2n) is 4.46. The number of halogens is 1. The molecule has 1 N–H and O–H groups in total. The Kier molecular flexibility index (Phi) is 4.90. The molecule has 0 aliphatic heterocycles. The number of carbonyl (C=O) groups is 1. The highest BCUT2D eigenvalue weighted by molar-refractivity contribution is 7.99. The molecule has 4 nitrogen and oxygen atoms in total. The Morgan fingerprint density at radius 3 is 2.52 bits per heavy atom. The van der Waals surface area contributed by atoms with Gasteiger partial charge in [-0.05, 0) is 37.6 Å². The molecule has 1 heterocycles. The summed E-state index contributed by atoms with van der Waals surface area (Å²) in [5.74, 6) is -0.771. The summed E-state index contributed by atoms with van der Waals surface area (Å²) in [6.07, 6.45) is 0.734. The number of thioether (sulfide) groups is 1. The second kappa shape index (κ2) is 6.67. The van der Waals surface area contributed by atoms with Crippen LogP contribution in [0.5, 0.6) is 0 Å². The minimum Gasteiger partial charge on any atom is -0.481 e.